The number of anilines is 2. The number of fused-ring (bicyclic) bond motifs is 2. The summed E-state index contributed by atoms with van der Waals surface area (Å²) in [5.41, 5.74) is 4.94. The van der Waals surface area contributed by atoms with E-state index in [2.05, 4.69) is 15.6 Å². The number of aldehydes is 1. The van der Waals surface area contributed by atoms with Crippen LogP contribution in [0.3, 0.4) is 0 Å². The number of ether oxygens (including phenoxy) is 2. The Labute approximate surface area is 278 Å². The summed E-state index contributed by atoms with van der Waals surface area (Å²) in [5, 5.41) is 5.74. The van der Waals surface area contributed by atoms with Crippen molar-refractivity contribution in [3.8, 4) is 22.6 Å². The van der Waals surface area contributed by atoms with Crippen molar-refractivity contribution in [3.63, 3.8) is 0 Å². The lowest BCUT2D eigenvalue weighted by Crippen LogP contribution is -2.43. The van der Waals surface area contributed by atoms with Crippen molar-refractivity contribution in [1.82, 2.24) is 14.0 Å². The number of aryl methyl sites for hydroxylation is 2. The Morgan fingerprint density at radius 3 is 2.52 bits per heavy atom. The van der Waals surface area contributed by atoms with Gasteiger partial charge >= 0.3 is 0 Å². The number of nitrogens with zero attached hydrogens (tertiary/aromatic N) is 4. The highest BCUT2D eigenvalue weighted by molar-refractivity contribution is 6.05. The zero-order chi connectivity index (χ0) is 33.8. The molecule has 0 bridgehead atoms. The molecule has 248 valence electrons. The second-order valence-corrected chi connectivity index (χ2v) is 12.0. The van der Waals surface area contributed by atoms with Crippen LogP contribution in [-0.2, 0) is 18.9 Å². The molecule has 6 rings (SSSR count). The maximum Gasteiger partial charge on any atom is 0.272 e. The molecule has 0 saturated carbocycles. The van der Waals surface area contributed by atoms with E-state index < -0.39 is 0 Å². The largest absolute Gasteiger partial charge is 0.493 e. The van der Waals surface area contributed by atoms with Crippen LogP contribution in [0.2, 0.25) is 0 Å². The summed E-state index contributed by atoms with van der Waals surface area (Å²) in [6.45, 7) is 0.962. The number of aliphatic imine (C=N–C) groups is 1. The lowest BCUT2D eigenvalue weighted by molar-refractivity contribution is -0.116. The van der Waals surface area contributed by atoms with Gasteiger partial charge in [-0.1, -0.05) is 12.1 Å². The van der Waals surface area contributed by atoms with E-state index in [-0.39, 0.29) is 36.8 Å². The highest BCUT2D eigenvalue weighted by Gasteiger charge is 2.31. The molecule has 2 aromatic heterocycles. The quantitative estimate of drug-likeness (QED) is 0.160. The maximum absolute atomic E-state index is 13.2. The van der Waals surface area contributed by atoms with Crippen LogP contribution in [0.15, 0.2) is 65.9 Å². The van der Waals surface area contributed by atoms with Gasteiger partial charge in [0.05, 0.1) is 42.4 Å². The van der Waals surface area contributed by atoms with Crippen LogP contribution in [0.4, 0.5) is 17.1 Å². The van der Waals surface area contributed by atoms with Crippen molar-refractivity contribution in [3.05, 3.63) is 77.9 Å². The van der Waals surface area contributed by atoms with Crippen molar-refractivity contribution in [1.29, 1.82) is 0 Å². The molecular formula is C36H38N6O6. The van der Waals surface area contributed by atoms with Gasteiger partial charge in [-0.05, 0) is 61.6 Å². The van der Waals surface area contributed by atoms with Gasteiger partial charge in [-0.15, -0.1) is 0 Å². The number of aromatic nitrogens is 2. The third kappa shape index (κ3) is 6.87. The topological polar surface area (TPSA) is 136 Å². The number of carbonyl (C=O) groups is 4. The first-order valence-electron chi connectivity index (χ1n) is 15.9. The van der Waals surface area contributed by atoms with Gasteiger partial charge in [0.25, 0.3) is 11.8 Å². The molecule has 48 heavy (non-hydrogen) atoms. The molecule has 12 heteroatoms. The molecule has 1 fully saturated rings. The Morgan fingerprint density at radius 2 is 1.77 bits per heavy atom. The normalized spacial score (nSPS) is 15.3. The number of carbonyl (C=O) groups excluding carboxylic acids is 4. The molecule has 0 aliphatic carbocycles. The van der Waals surface area contributed by atoms with Gasteiger partial charge in [0.15, 0.2) is 17.8 Å². The molecule has 2 aromatic carbocycles. The fourth-order valence-corrected chi connectivity index (χ4v) is 6.08. The lowest BCUT2D eigenvalue weighted by Gasteiger charge is -2.32. The van der Waals surface area contributed by atoms with Crippen molar-refractivity contribution in [2.75, 3.05) is 30.9 Å². The third-order valence-corrected chi connectivity index (χ3v) is 8.68. The molecule has 2 aliphatic rings. The van der Waals surface area contributed by atoms with E-state index in [0.29, 0.717) is 58.5 Å². The van der Waals surface area contributed by atoms with E-state index in [1.807, 2.05) is 42.6 Å². The van der Waals surface area contributed by atoms with Crippen LogP contribution in [0.25, 0.3) is 11.1 Å². The van der Waals surface area contributed by atoms with Crippen LogP contribution in [0, 0.1) is 0 Å². The first-order valence-corrected chi connectivity index (χ1v) is 15.9. The van der Waals surface area contributed by atoms with E-state index in [9.17, 15) is 19.2 Å². The number of hydrogen-bond donors (Lipinski definition) is 2. The molecule has 1 saturated heterocycles. The van der Waals surface area contributed by atoms with Crippen LogP contribution >= 0.6 is 0 Å². The number of nitrogens with one attached hydrogen (secondary N) is 2. The van der Waals surface area contributed by atoms with Gasteiger partial charge in [0, 0.05) is 63.0 Å². The molecular weight excluding hydrogens is 612 g/mol. The molecule has 2 aliphatic heterocycles. The summed E-state index contributed by atoms with van der Waals surface area (Å²) in [7, 11) is 5.07. The fourth-order valence-electron chi connectivity index (χ4n) is 6.08. The number of amides is 3. The average Bonchev–Trinajstić information content (AvgIpc) is 3.62. The zero-order valence-corrected chi connectivity index (χ0v) is 27.2. The molecule has 4 aromatic rings. The smallest absolute Gasteiger partial charge is 0.272 e. The Bertz CT molecular complexity index is 1890. The molecule has 2 N–H and O–H groups in total. The standard InChI is InChI=1S/C36H38N6O6/c1-40-20-24(15-28(40)22-43)23-9-11-25(12-10-23)39-35(45)31-16-26(21-41(31)2)38-34(44)8-6-14-48-33-18-30-29(17-32(33)47-3)36(46)42-13-5-4-7-27(42)19-37-30/h9-12,15-22,27H,4-8,13-14H2,1-3H3,(H,38,44)(H,39,45). The lowest BCUT2D eigenvalue weighted by atomic mass is 10.0. The SMILES string of the molecule is COc1cc2c(cc1OCCCC(=O)Nc1cc(C(=O)Nc3ccc(-c4cc(C=O)n(C)c4)cc3)n(C)c1)N=CC1CCCCN1C2=O. The molecule has 3 amide bonds. The molecule has 1 unspecified atom stereocenters. The minimum Gasteiger partial charge on any atom is -0.493 e. The Morgan fingerprint density at radius 1 is 0.958 bits per heavy atom. The summed E-state index contributed by atoms with van der Waals surface area (Å²) >= 11 is 0. The van der Waals surface area contributed by atoms with Gasteiger partial charge in [-0.25, -0.2) is 0 Å². The van der Waals surface area contributed by atoms with Crippen LogP contribution in [0.1, 0.15) is 63.4 Å². The summed E-state index contributed by atoms with van der Waals surface area (Å²) < 4.78 is 14.9. The molecule has 0 radical (unpaired) electrons. The minimum absolute atomic E-state index is 0.000540. The fraction of sp³-hybridized carbons (Fsp3) is 0.306. The summed E-state index contributed by atoms with van der Waals surface area (Å²) in [4.78, 5) is 56.6. The number of hydrogen-bond acceptors (Lipinski definition) is 7. The first-order chi connectivity index (χ1) is 23.2. The number of methoxy groups -OCH3 is 1. The maximum atomic E-state index is 13.2. The third-order valence-electron chi connectivity index (χ3n) is 8.68. The van der Waals surface area contributed by atoms with Crippen LogP contribution in [0.5, 0.6) is 11.5 Å². The van der Waals surface area contributed by atoms with Gasteiger partial charge in [0.1, 0.15) is 5.69 Å². The Balaban J connectivity index is 1.01. The second-order valence-electron chi connectivity index (χ2n) is 12.0. The first kappa shape index (κ1) is 32.3. The van der Waals surface area contributed by atoms with E-state index in [1.165, 1.54) is 7.11 Å². The van der Waals surface area contributed by atoms with Gasteiger partial charge in [-0.3, -0.25) is 24.2 Å². The predicted octanol–water partition coefficient (Wildman–Crippen LogP) is 5.61. The molecule has 1 atom stereocenters. The molecule has 0 spiro atoms. The van der Waals surface area contributed by atoms with Gasteiger partial charge in [-0.2, -0.15) is 0 Å². The van der Waals surface area contributed by atoms with Crippen molar-refractivity contribution < 1.29 is 28.7 Å². The second kappa shape index (κ2) is 14.0. The number of benzene rings is 2. The number of piperidine rings is 1. The summed E-state index contributed by atoms with van der Waals surface area (Å²) in [6.07, 6.45) is 9.79. The Kier molecular flexibility index (Phi) is 9.42. The summed E-state index contributed by atoms with van der Waals surface area (Å²) in [5.74, 6) is 0.308. The van der Waals surface area contributed by atoms with E-state index in [0.717, 1.165) is 36.7 Å². The van der Waals surface area contributed by atoms with E-state index >= 15 is 0 Å². The molecule has 12 nitrogen and oxygen atoms in total. The number of rotatable bonds is 11. The summed E-state index contributed by atoms with van der Waals surface area (Å²) in [6, 6.07) is 14.2. The highest BCUT2D eigenvalue weighted by Crippen LogP contribution is 2.38. The zero-order valence-electron chi connectivity index (χ0n) is 27.2. The van der Waals surface area contributed by atoms with Gasteiger partial charge in [0.2, 0.25) is 5.91 Å². The minimum atomic E-state index is -0.321. The van der Waals surface area contributed by atoms with Crippen molar-refractivity contribution >= 4 is 47.3 Å². The van der Waals surface area contributed by atoms with Crippen molar-refractivity contribution in [2.24, 2.45) is 19.1 Å². The van der Waals surface area contributed by atoms with E-state index in [1.54, 1.807) is 52.7 Å². The van der Waals surface area contributed by atoms with Crippen LogP contribution < -0.4 is 20.1 Å². The van der Waals surface area contributed by atoms with E-state index in [4.69, 9.17) is 9.47 Å². The Hall–Kier alpha value is -5.65. The van der Waals surface area contributed by atoms with Crippen LogP contribution in [-0.4, -0.2) is 70.6 Å². The highest BCUT2D eigenvalue weighted by atomic mass is 16.5. The molecule has 4 heterocycles. The monoisotopic (exact) mass is 650 g/mol. The van der Waals surface area contributed by atoms with Crippen molar-refractivity contribution in [2.45, 2.75) is 38.1 Å². The van der Waals surface area contributed by atoms with Gasteiger partial charge < -0.3 is 34.1 Å². The predicted molar refractivity (Wildman–Crippen MR) is 183 cm³/mol. The average molecular weight is 651 g/mol.